The third-order valence-electron chi connectivity index (χ3n) is 5.54. The second-order valence-electron chi connectivity index (χ2n) is 7.80. The van der Waals surface area contributed by atoms with Crippen molar-refractivity contribution >= 4 is 38.3 Å². The van der Waals surface area contributed by atoms with E-state index < -0.39 is 12.1 Å². The Bertz CT molecular complexity index is 1420. The first-order valence-corrected chi connectivity index (χ1v) is 10.6. The summed E-state index contributed by atoms with van der Waals surface area (Å²) >= 11 is 0. The Kier molecular flexibility index (Phi) is 5.44. The van der Waals surface area contributed by atoms with Gasteiger partial charge in [-0.3, -0.25) is 0 Å². The summed E-state index contributed by atoms with van der Waals surface area (Å²) in [4.78, 5) is 12.7. The fourth-order valence-corrected chi connectivity index (χ4v) is 3.89. The fraction of sp³-hybridized carbons (Fsp3) is 0.107. The highest BCUT2D eigenvalue weighted by atomic mass is 16.5. The molecule has 0 aliphatic rings. The van der Waals surface area contributed by atoms with Crippen molar-refractivity contribution in [3.05, 3.63) is 103 Å². The Morgan fingerprint density at radius 1 is 0.688 bits per heavy atom. The first-order valence-electron chi connectivity index (χ1n) is 10.6. The van der Waals surface area contributed by atoms with Crippen LogP contribution in [0.2, 0.25) is 0 Å². The van der Waals surface area contributed by atoms with Crippen molar-refractivity contribution < 1.29 is 19.4 Å². The molecule has 0 spiro atoms. The fourth-order valence-electron chi connectivity index (χ4n) is 3.89. The summed E-state index contributed by atoms with van der Waals surface area (Å²) in [6.45, 7) is -0.109. The number of aliphatic hydroxyl groups excluding tert-OH is 1. The number of carbonyl (C=O) groups excluding carboxylic acids is 1. The van der Waals surface area contributed by atoms with Crippen LogP contribution in [-0.4, -0.2) is 30.4 Å². The summed E-state index contributed by atoms with van der Waals surface area (Å²) in [5, 5.41) is 16.4. The largest absolute Gasteiger partial charge is 0.491 e. The number of aliphatic hydroxyl groups is 1. The van der Waals surface area contributed by atoms with E-state index in [4.69, 9.17) is 9.47 Å². The molecule has 0 saturated carbocycles. The number of hydrogen-bond donors (Lipinski definition) is 1. The van der Waals surface area contributed by atoms with Crippen molar-refractivity contribution in [3.8, 4) is 5.75 Å². The van der Waals surface area contributed by atoms with Crippen LogP contribution < -0.4 is 4.74 Å². The molecule has 0 aliphatic heterocycles. The molecule has 1 atom stereocenters. The zero-order valence-corrected chi connectivity index (χ0v) is 17.4. The average molecular weight is 422 g/mol. The second-order valence-corrected chi connectivity index (χ2v) is 7.80. The molecule has 4 nitrogen and oxygen atoms in total. The number of carbonyl (C=O) groups is 1. The Morgan fingerprint density at radius 2 is 1.34 bits per heavy atom. The van der Waals surface area contributed by atoms with Crippen molar-refractivity contribution in [1.82, 2.24) is 0 Å². The molecule has 4 heteroatoms. The summed E-state index contributed by atoms with van der Waals surface area (Å²) in [5.74, 6) is 0.200. The van der Waals surface area contributed by atoms with Crippen LogP contribution >= 0.6 is 0 Å². The molecule has 0 fully saturated rings. The molecular formula is C28H22O4. The van der Waals surface area contributed by atoms with Crippen LogP contribution in [-0.2, 0) is 4.74 Å². The lowest BCUT2D eigenvalue weighted by Gasteiger charge is -2.14. The monoisotopic (exact) mass is 422 g/mol. The van der Waals surface area contributed by atoms with Crippen molar-refractivity contribution in [1.29, 1.82) is 0 Å². The van der Waals surface area contributed by atoms with E-state index in [1.807, 2.05) is 84.9 Å². The third-order valence-corrected chi connectivity index (χ3v) is 5.54. The Hall–Kier alpha value is -3.89. The van der Waals surface area contributed by atoms with Crippen LogP contribution in [0.25, 0.3) is 32.3 Å². The maximum atomic E-state index is 12.7. The Balaban J connectivity index is 1.24. The lowest BCUT2D eigenvalue weighted by atomic mass is 10.00. The molecule has 32 heavy (non-hydrogen) atoms. The molecule has 0 bridgehead atoms. The minimum atomic E-state index is -0.929. The van der Waals surface area contributed by atoms with E-state index in [0.717, 1.165) is 32.3 Å². The number of hydrogen-bond acceptors (Lipinski definition) is 4. The van der Waals surface area contributed by atoms with Gasteiger partial charge in [-0.05, 0) is 62.6 Å². The SMILES string of the molecule is O=C(OCC(O)COc1ccc2ccccc2c1)c1cccc2cc3ccccc3cc12. The average Bonchev–Trinajstić information content (AvgIpc) is 2.84. The third kappa shape index (κ3) is 4.13. The lowest BCUT2D eigenvalue weighted by molar-refractivity contribution is 0.0132. The van der Waals surface area contributed by atoms with Gasteiger partial charge in [-0.15, -0.1) is 0 Å². The molecule has 1 N–H and O–H groups in total. The van der Waals surface area contributed by atoms with Gasteiger partial charge in [-0.2, -0.15) is 0 Å². The van der Waals surface area contributed by atoms with Gasteiger partial charge in [0.15, 0.2) is 0 Å². The standard InChI is InChI=1S/C28H22O4/c29-24(17-31-25-13-12-19-6-1-2-8-21(19)15-25)18-32-28(30)26-11-5-10-23-14-20-7-3-4-9-22(20)16-27(23)26/h1-16,24,29H,17-18H2. The summed E-state index contributed by atoms with van der Waals surface area (Å²) in [6.07, 6.45) is -0.929. The summed E-state index contributed by atoms with van der Waals surface area (Å²) in [6, 6.07) is 31.4. The van der Waals surface area contributed by atoms with Crippen molar-refractivity contribution in [2.24, 2.45) is 0 Å². The highest BCUT2D eigenvalue weighted by Crippen LogP contribution is 2.26. The van der Waals surface area contributed by atoms with Gasteiger partial charge < -0.3 is 14.6 Å². The number of ether oxygens (including phenoxy) is 2. The second kappa shape index (κ2) is 8.69. The topological polar surface area (TPSA) is 55.8 Å². The van der Waals surface area contributed by atoms with E-state index in [1.165, 1.54) is 0 Å². The first-order chi connectivity index (χ1) is 15.7. The molecule has 1 unspecified atom stereocenters. The van der Waals surface area contributed by atoms with Gasteiger partial charge in [-0.1, -0.05) is 66.7 Å². The first kappa shape index (κ1) is 20.0. The molecule has 0 saturated heterocycles. The minimum Gasteiger partial charge on any atom is -0.491 e. The summed E-state index contributed by atoms with van der Waals surface area (Å²) < 4.78 is 11.1. The Morgan fingerprint density at radius 3 is 2.12 bits per heavy atom. The quantitative estimate of drug-likeness (QED) is 0.280. The van der Waals surface area contributed by atoms with Gasteiger partial charge in [0.05, 0.1) is 5.56 Å². The Labute approximate surface area is 185 Å². The minimum absolute atomic E-state index is 0.0335. The molecule has 0 radical (unpaired) electrons. The smallest absolute Gasteiger partial charge is 0.338 e. The molecule has 0 heterocycles. The maximum absolute atomic E-state index is 12.7. The van der Waals surface area contributed by atoms with Crippen LogP contribution in [0.4, 0.5) is 0 Å². The molecule has 5 rings (SSSR count). The number of rotatable bonds is 6. The predicted octanol–water partition coefficient (Wildman–Crippen LogP) is 5.74. The van der Waals surface area contributed by atoms with Gasteiger partial charge >= 0.3 is 5.97 Å². The molecule has 0 aliphatic carbocycles. The highest BCUT2D eigenvalue weighted by Gasteiger charge is 2.15. The van der Waals surface area contributed by atoms with Crippen LogP contribution in [0.5, 0.6) is 5.75 Å². The lowest BCUT2D eigenvalue weighted by Crippen LogP contribution is -2.25. The molecule has 5 aromatic carbocycles. The van der Waals surface area contributed by atoms with E-state index in [9.17, 15) is 9.90 Å². The zero-order valence-electron chi connectivity index (χ0n) is 17.4. The number of benzene rings is 5. The van der Waals surface area contributed by atoms with Gasteiger partial charge in [0.2, 0.25) is 0 Å². The van der Waals surface area contributed by atoms with E-state index >= 15 is 0 Å². The van der Waals surface area contributed by atoms with E-state index in [1.54, 1.807) is 6.07 Å². The molecule has 0 amide bonds. The predicted molar refractivity (Wildman–Crippen MR) is 127 cm³/mol. The number of esters is 1. The highest BCUT2D eigenvalue weighted by molar-refractivity contribution is 6.08. The normalized spacial score (nSPS) is 12.2. The number of fused-ring (bicyclic) bond motifs is 3. The van der Waals surface area contributed by atoms with Gasteiger partial charge in [-0.25, -0.2) is 4.79 Å². The molecule has 5 aromatic rings. The van der Waals surface area contributed by atoms with Gasteiger partial charge in [0, 0.05) is 0 Å². The molecule has 0 aromatic heterocycles. The van der Waals surface area contributed by atoms with Crippen LogP contribution in [0.1, 0.15) is 10.4 Å². The van der Waals surface area contributed by atoms with Crippen molar-refractivity contribution in [2.75, 3.05) is 13.2 Å². The van der Waals surface area contributed by atoms with Crippen LogP contribution in [0.3, 0.4) is 0 Å². The van der Waals surface area contributed by atoms with E-state index in [-0.39, 0.29) is 13.2 Å². The van der Waals surface area contributed by atoms with Crippen LogP contribution in [0.15, 0.2) is 97.1 Å². The van der Waals surface area contributed by atoms with Gasteiger partial charge in [0.25, 0.3) is 0 Å². The van der Waals surface area contributed by atoms with Gasteiger partial charge in [0.1, 0.15) is 25.1 Å². The maximum Gasteiger partial charge on any atom is 0.338 e. The molecule has 158 valence electrons. The summed E-state index contributed by atoms with van der Waals surface area (Å²) in [5.41, 5.74) is 0.482. The van der Waals surface area contributed by atoms with E-state index in [2.05, 4.69) is 6.07 Å². The summed E-state index contributed by atoms with van der Waals surface area (Å²) in [7, 11) is 0. The van der Waals surface area contributed by atoms with Crippen molar-refractivity contribution in [2.45, 2.75) is 6.10 Å². The van der Waals surface area contributed by atoms with Crippen molar-refractivity contribution in [3.63, 3.8) is 0 Å². The zero-order chi connectivity index (χ0) is 21.9. The van der Waals surface area contributed by atoms with Crippen LogP contribution in [0, 0.1) is 0 Å². The van der Waals surface area contributed by atoms with E-state index in [0.29, 0.717) is 11.3 Å². The molecular weight excluding hydrogens is 400 g/mol.